The fourth-order valence-corrected chi connectivity index (χ4v) is 1.22. The number of hydrogen-bond donors (Lipinski definition) is 1. The average molecular weight is 192 g/mol. The third-order valence-corrected chi connectivity index (χ3v) is 2.24. The van der Waals surface area contributed by atoms with Crippen molar-refractivity contribution in [3.8, 4) is 0 Å². The van der Waals surface area contributed by atoms with E-state index in [1.165, 1.54) is 0 Å². The van der Waals surface area contributed by atoms with Gasteiger partial charge in [-0.1, -0.05) is 6.92 Å². The summed E-state index contributed by atoms with van der Waals surface area (Å²) >= 11 is 0. The van der Waals surface area contributed by atoms with E-state index in [-0.39, 0.29) is 5.91 Å². The minimum atomic E-state index is -0.00477. The zero-order valence-corrected chi connectivity index (χ0v) is 8.92. The van der Waals surface area contributed by atoms with Crippen LogP contribution in [0.1, 0.15) is 35.0 Å². The van der Waals surface area contributed by atoms with Crippen molar-refractivity contribution in [2.75, 3.05) is 6.54 Å². The Morgan fingerprint density at radius 1 is 1.50 bits per heavy atom. The van der Waals surface area contributed by atoms with Gasteiger partial charge in [-0.25, -0.2) is 0 Å². The van der Waals surface area contributed by atoms with Gasteiger partial charge in [0.05, 0.1) is 0 Å². The van der Waals surface area contributed by atoms with Gasteiger partial charge in [-0.2, -0.15) is 0 Å². The van der Waals surface area contributed by atoms with Gasteiger partial charge in [0, 0.05) is 24.0 Å². The highest BCUT2D eigenvalue weighted by Crippen LogP contribution is 2.09. The smallest absolute Gasteiger partial charge is 0.251 e. The fraction of sp³-hybridized carbons (Fsp3) is 0.455. The number of carbonyl (C=O) groups excluding carboxylic acids is 1. The van der Waals surface area contributed by atoms with E-state index < -0.39 is 0 Å². The van der Waals surface area contributed by atoms with Crippen LogP contribution in [0.15, 0.2) is 12.3 Å². The normalized spacial score (nSPS) is 9.93. The van der Waals surface area contributed by atoms with Gasteiger partial charge in [0.2, 0.25) is 0 Å². The summed E-state index contributed by atoms with van der Waals surface area (Å²) in [4.78, 5) is 15.8. The lowest BCUT2D eigenvalue weighted by atomic mass is 10.1. The Morgan fingerprint density at radius 2 is 2.21 bits per heavy atom. The standard InChI is InChI=1S/C11H16N2O/c1-4-6-13-11(14)10-5-7-12-9(3)8(10)2/h5,7H,4,6H2,1-3H3,(H,13,14). The minimum absolute atomic E-state index is 0.00477. The number of aromatic nitrogens is 1. The Hall–Kier alpha value is -1.38. The number of nitrogens with one attached hydrogen (secondary N) is 1. The van der Waals surface area contributed by atoms with E-state index in [2.05, 4.69) is 10.3 Å². The molecule has 0 aliphatic carbocycles. The molecule has 0 saturated heterocycles. The molecule has 3 nitrogen and oxygen atoms in total. The Kier molecular flexibility index (Phi) is 3.63. The summed E-state index contributed by atoms with van der Waals surface area (Å²) in [5.74, 6) is -0.00477. The largest absolute Gasteiger partial charge is 0.352 e. The average Bonchev–Trinajstić information content (AvgIpc) is 2.18. The van der Waals surface area contributed by atoms with Crippen LogP contribution in [0.3, 0.4) is 0 Å². The highest BCUT2D eigenvalue weighted by atomic mass is 16.1. The molecule has 0 spiro atoms. The lowest BCUT2D eigenvalue weighted by Crippen LogP contribution is -2.25. The molecule has 1 heterocycles. The molecule has 1 rings (SSSR count). The highest BCUT2D eigenvalue weighted by Gasteiger charge is 2.09. The number of aryl methyl sites for hydroxylation is 1. The molecule has 0 aromatic carbocycles. The number of amides is 1. The van der Waals surface area contributed by atoms with Gasteiger partial charge in [-0.3, -0.25) is 9.78 Å². The molecule has 0 aliphatic rings. The molecular weight excluding hydrogens is 176 g/mol. The molecule has 1 aromatic heterocycles. The molecule has 76 valence electrons. The van der Waals surface area contributed by atoms with Crippen LogP contribution in [0, 0.1) is 13.8 Å². The van der Waals surface area contributed by atoms with Crippen molar-refractivity contribution in [1.82, 2.24) is 10.3 Å². The predicted molar refractivity (Wildman–Crippen MR) is 56.3 cm³/mol. The van der Waals surface area contributed by atoms with Crippen LogP contribution in [0.25, 0.3) is 0 Å². The number of pyridine rings is 1. The van der Waals surface area contributed by atoms with Crippen molar-refractivity contribution in [2.45, 2.75) is 27.2 Å². The van der Waals surface area contributed by atoms with Crippen molar-refractivity contribution in [3.63, 3.8) is 0 Å². The Balaban J connectivity index is 2.84. The molecule has 0 unspecified atom stereocenters. The van der Waals surface area contributed by atoms with Crippen molar-refractivity contribution < 1.29 is 4.79 Å². The fourth-order valence-electron chi connectivity index (χ4n) is 1.22. The molecule has 1 amide bonds. The molecule has 0 radical (unpaired) electrons. The topological polar surface area (TPSA) is 42.0 Å². The maximum atomic E-state index is 11.6. The van der Waals surface area contributed by atoms with Gasteiger partial charge in [0.1, 0.15) is 0 Å². The maximum absolute atomic E-state index is 11.6. The first kappa shape index (κ1) is 10.7. The van der Waals surface area contributed by atoms with E-state index in [0.29, 0.717) is 0 Å². The lowest BCUT2D eigenvalue weighted by Gasteiger charge is -2.07. The molecule has 3 heteroatoms. The highest BCUT2D eigenvalue weighted by molar-refractivity contribution is 5.95. The number of rotatable bonds is 3. The second-order valence-electron chi connectivity index (χ2n) is 3.32. The number of carbonyl (C=O) groups is 1. The van der Waals surface area contributed by atoms with E-state index in [9.17, 15) is 4.79 Å². The van der Waals surface area contributed by atoms with Crippen LogP contribution >= 0.6 is 0 Å². The van der Waals surface area contributed by atoms with Gasteiger partial charge in [-0.15, -0.1) is 0 Å². The van der Waals surface area contributed by atoms with Gasteiger partial charge >= 0.3 is 0 Å². The molecule has 14 heavy (non-hydrogen) atoms. The van der Waals surface area contributed by atoms with Crippen LogP contribution in [0.5, 0.6) is 0 Å². The van der Waals surface area contributed by atoms with Crippen LogP contribution < -0.4 is 5.32 Å². The summed E-state index contributed by atoms with van der Waals surface area (Å²) < 4.78 is 0. The lowest BCUT2D eigenvalue weighted by molar-refractivity contribution is 0.0953. The summed E-state index contributed by atoms with van der Waals surface area (Å²) in [6, 6.07) is 1.76. The first-order chi connectivity index (χ1) is 6.66. The van der Waals surface area contributed by atoms with Crippen molar-refractivity contribution in [1.29, 1.82) is 0 Å². The zero-order chi connectivity index (χ0) is 10.6. The van der Waals surface area contributed by atoms with Gasteiger partial charge < -0.3 is 5.32 Å². The first-order valence-corrected chi connectivity index (χ1v) is 4.87. The molecule has 0 aliphatic heterocycles. The molecule has 1 N–H and O–H groups in total. The first-order valence-electron chi connectivity index (χ1n) is 4.87. The zero-order valence-electron chi connectivity index (χ0n) is 8.92. The van der Waals surface area contributed by atoms with E-state index in [1.54, 1.807) is 12.3 Å². The summed E-state index contributed by atoms with van der Waals surface area (Å²) in [6.07, 6.45) is 2.62. The van der Waals surface area contributed by atoms with E-state index in [4.69, 9.17) is 0 Å². The summed E-state index contributed by atoms with van der Waals surface area (Å²) in [5, 5.41) is 2.85. The summed E-state index contributed by atoms with van der Waals surface area (Å²) in [7, 11) is 0. The Labute approximate surface area is 84.6 Å². The monoisotopic (exact) mass is 192 g/mol. The molecule has 0 fully saturated rings. The third-order valence-electron chi connectivity index (χ3n) is 2.24. The quantitative estimate of drug-likeness (QED) is 0.794. The van der Waals surface area contributed by atoms with Gasteiger partial charge in [0.15, 0.2) is 0 Å². The second kappa shape index (κ2) is 4.74. The second-order valence-corrected chi connectivity index (χ2v) is 3.32. The Morgan fingerprint density at radius 3 is 2.86 bits per heavy atom. The summed E-state index contributed by atoms with van der Waals surface area (Å²) in [6.45, 7) is 6.58. The molecular formula is C11H16N2O. The minimum Gasteiger partial charge on any atom is -0.352 e. The maximum Gasteiger partial charge on any atom is 0.251 e. The Bertz CT molecular complexity index is 334. The van der Waals surface area contributed by atoms with Crippen molar-refractivity contribution >= 4 is 5.91 Å². The number of nitrogens with zero attached hydrogens (tertiary/aromatic N) is 1. The molecule has 0 atom stereocenters. The van der Waals surface area contributed by atoms with Gasteiger partial charge in [-0.05, 0) is 31.9 Å². The van der Waals surface area contributed by atoms with E-state index in [1.807, 2.05) is 20.8 Å². The molecule has 0 bridgehead atoms. The van der Waals surface area contributed by atoms with Crippen molar-refractivity contribution in [2.24, 2.45) is 0 Å². The van der Waals surface area contributed by atoms with Crippen LogP contribution in [0.2, 0.25) is 0 Å². The van der Waals surface area contributed by atoms with E-state index in [0.717, 1.165) is 29.8 Å². The molecule has 0 saturated carbocycles. The predicted octanol–water partition coefficient (Wildman–Crippen LogP) is 1.84. The van der Waals surface area contributed by atoms with Crippen molar-refractivity contribution in [3.05, 3.63) is 29.1 Å². The summed E-state index contributed by atoms with van der Waals surface area (Å²) in [5.41, 5.74) is 2.60. The number of hydrogen-bond acceptors (Lipinski definition) is 2. The van der Waals surface area contributed by atoms with Crippen LogP contribution in [-0.2, 0) is 0 Å². The van der Waals surface area contributed by atoms with Gasteiger partial charge in [0.25, 0.3) is 5.91 Å². The molecule has 1 aromatic rings. The third kappa shape index (κ3) is 2.31. The SMILES string of the molecule is CCCNC(=O)c1ccnc(C)c1C. The van der Waals surface area contributed by atoms with Crippen LogP contribution in [0.4, 0.5) is 0 Å². The van der Waals surface area contributed by atoms with E-state index >= 15 is 0 Å². The van der Waals surface area contributed by atoms with Crippen LogP contribution in [-0.4, -0.2) is 17.4 Å².